The van der Waals surface area contributed by atoms with Gasteiger partial charge in [-0.25, -0.2) is 0 Å². The third kappa shape index (κ3) is 2.87. The maximum absolute atomic E-state index is 3.32. The molecule has 0 radical (unpaired) electrons. The quantitative estimate of drug-likeness (QED) is 0.515. The fourth-order valence-corrected chi connectivity index (χ4v) is 1.02. The standard InChI is InChI=1S/C7H13N.ClH/c1-2-7-4-3-5-8-6-7;/h2,8H,3-6H2,1H3;1H/b7-2-;. The predicted octanol–water partition coefficient (Wildman–Crippen LogP) is 1.74. The van der Waals surface area contributed by atoms with Crippen molar-refractivity contribution in [2.45, 2.75) is 19.8 Å². The molecule has 9 heavy (non-hydrogen) atoms. The van der Waals surface area contributed by atoms with E-state index in [4.69, 9.17) is 0 Å². The third-order valence-corrected chi connectivity index (χ3v) is 1.61. The van der Waals surface area contributed by atoms with Gasteiger partial charge in [0.25, 0.3) is 0 Å². The molecule has 1 heterocycles. The molecule has 1 nitrogen and oxygen atoms in total. The lowest BCUT2D eigenvalue weighted by Crippen LogP contribution is -2.23. The number of hydrogen-bond donors (Lipinski definition) is 1. The van der Waals surface area contributed by atoms with Crippen LogP contribution in [0.2, 0.25) is 0 Å². The highest BCUT2D eigenvalue weighted by atomic mass is 35.5. The van der Waals surface area contributed by atoms with E-state index in [0.29, 0.717) is 0 Å². The molecule has 54 valence electrons. The van der Waals surface area contributed by atoms with Crippen LogP contribution in [0, 0.1) is 0 Å². The van der Waals surface area contributed by atoms with Crippen LogP contribution in [0.1, 0.15) is 19.8 Å². The summed E-state index contributed by atoms with van der Waals surface area (Å²) >= 11 is 0. The predicted molar refractivity (Wildman–Crippen MR) is 43.1 cm³/mol. The molecule has 1 aliphatic heterocycles. The second-order valence-corrected chi connectivity index (χ2v) is 2.23. The van der Waals surface area contributed by atoms with Gasteiger partial charge in [-0.3, -0.25) is 0 Å². The molecule has 0 spiro atoms. The van der Waals surface area contributed by atoms with E-state index in [2.05, 4.69) is 18.3 Å². The fourth-order valence-electron chi connectivity index (χ4n) is 1.02. The van der Waals surface area contributed by atoms with E-state index in [-0.39, 0.29) is 12.4 Å². The van der Waals surface area contributed by atoms with Gasteiger partial charge in [0.15, 0.2) is 0 Å². The summed E-state index contributed by atoms with van der Waals surface area (Å²) in [5.41, 5.74) is 1.57. The molecule has 1 aliphatic rings. The minimum atomic E-state index is 0. The first kappa shape index (κ1) is 8.99. The molecule has 1 saturated heterocycles. The average molecular weight is 148 g/mol. The van der Waals surface area contributed by atoms with Crippen LogP contribution >= 0.6 is 12.4 Å². The Morgan fingerprint density at radius 2 is 2.33 bits per heavy atom. The van der Waals surface area contributed by atoms with Gasteiger partial charge in [-0.1, -0.05) is 11.6 Å². The Hall–Kier alpha value is -0.0100. The Kier molecular flexibility index (Phi) is 4.83. The molecule has 0 aliphatic carbocycles. The van der Waals surface area contributed by atoms with Crippen LogP contribution in [-0.4, -0.2) is 13.1 Å². The largest absolute Gasteiger partial charge is 0.313 e. The van der Waals surface area contributed by atoms with E-state index < -0.39 is 0 Å². The van der Waals surface area contributed by atoms with Gasteiger partial charge in [0.1, 0.15) is 0 Å². The van der Waals surface area contributed by atoms with E-state index in [1.165, 1.54) is 19.4 Å². The second kappa shape index (κ2) is 4.83. The third-order valence-electron chi connectivity index (χ3n) is 1.61. The summed E-state index contributed by atoms with van der Waals surface area (Å²) in [5.74, 6) is 0. The molecular weight excluding hydrogens is 134 g/mol. The lowest BCUT2D eigenvalue weighted by Gasteiger charge is -2.13. The van der Waals surface area contributed by atoms with Crippen LogP contribution in [0.4, 0.5) is 0 Å². The summed E-state index contributed by atoms with van der Waals surface area (Å²) in [6.07, 6.45) is 4.84. The number of rotatable bonds is 0. The first-order valence-corrected chi connectivity index (χ1v) is 3.28. The lowest BCUT2D eigenvalue weighted by molar-refractivity contribution is 0.609. The van der Waals surface area contributed by atoms with E-state index in [0.717, 1.165) is 6.54 Å². The molecule has 1 fully saturated rings. The minimum absolute atomic E-state index is 0. The van der Waals surface area contributed by atoms with E-state index in [1.807, 2.05) is 0 Å². The zero-order valence-electron chi connectivity index (χ0n) is 5.81. The number of piperidine rings is 1. The van der Waals surface area contributed by atoms with Gasteiger partial charge in [-0.05, 0) is 26.3 Å². The maximum atomic E-state index is 3.32. The van der Waals surface area contributed by atoms with Crippen molar-refractivity contribution >= 4 is 12.4 Å². The monoisotopic (exact) mass is 147 g/mol. The Labute approximate surface area is 62.9 Å². The highest BCUT2D eigenvalue weighted by Crippen LogP contribution is 2.06. The average Bonchev–Trinajstić information content (AvgIpc) is 1.90. The summed E-state index contributed by atoms with van der Waals surface area (Å²) in [5, 5.41) is 3.32. The van der Waals surface area contributed by atoms with Crippen LogP contribution in [-0.2, 0) is 0 Å². The summed E-state index contributed by atoms with van der Waals surface area (Å²) in [7, 11) is 0. The van der Waals surface area contributed by atoms with Gasteiger partial charge in [-0.2, -0.15) is 0 Å². The van der Waals surface area contributed by atoms with Crippen LogP contribution in [0.15, 0.2) is 11.6 Å². The van der Waals surface area contributed by atoms with Crippen molar-refractivity contribution in [3.63, 3.8) is 0 Å². The van der Waals surface area contributed by atoms with Crippen LogP contribution in [0.25, 0.3) is 0 Å². The zero-order chi connectivity index (χ0) is 5.82. The molecule has 0 aromatic carbocycles. The van der Waals surface area contributed by atoms with Gasteiger partial charge in [0.05, 0.1) is 0 Å². The van der Waals surface area contributed by atoms with E-state index in [1.54, 1.807) is 5.57 Å². The van der Waals surface area contributed by atoms with E-state index >= 15 is 0 Å². The van der Waals surface area contributed by atoms with Gasteiger partial charge < -0.3 is 5.32 Å². The Morgan fingerprint density at radius 1 is 1.56 bits per heavy atom. The van der Waals surface area contributed by atoms with Crippen molar-refractivity contribution in [2.75, 3.05) is 13.1 Å². The molecule has 1 rings (SSSR count). The molecule has 0 aromatic rings. The second-order valence-electron chi connectivity index (χ2n) is 2.23. The van der Waals surface area contributed by atoms with Crippen molar-refractivity contribution in [1.82, 2.24) is 5.32 Å². The molecule has 0 amide bonds. The smallest absolute Gasteiger partial charge is 0.0164 e. The van der Waals surface area contributed by atoms with Gasteiger partial charge >= 0.3 is 0 Å². The maximum Gasteiger partial charge on any atom is 0.0164 e. The summed E-state index contributed by atoms with van der Waals surface area (Å²) in [6.45, 7) is 4.44. The molecule has 0 bridgehead atoms. The lowest BCUT2D eigenvalue weighted by atomic mass is 10.1. The van der Waals surface area contributed by atoms with Crippen molar-refractivity contribution < 1.29 is 0 Å². The van der Waals surface area contributed by atoms with Crippen molar-refractivity contribution in [3.05, 3.63) is 11.6 Å². The van der Waals surface area contributed by atoms with Gasteiger partial charge in [0, 0.05) is 6.54 Å². The van der Waals surface area contributed by atoms with Gasteiger partial charge in [0.2, 0.25) is 0 Å². The minimum Gasteiger partial charge on any atom is -0.313 e. The Bertz CT molecular complexity index is 91.1. The van der Waals surface area contributed by atoms with Crippen LogP contribution in [0.3, 0.4) is 0 Å². The molecule has 0 saturated carbocycles. The normalized spacial score (nSPS) is 23.4. The molecule has 2 heteroatoms. The van der Waals surface area contributed by atoms with Gasteiger partial charge in [-0.15, -0.1) is 12.4 Å². The number of hydrogen-bond acceptors (Lipinski definition) is 1. The summed E-state index contributed by atoms with van der Waals surface area (Å²) in [6, 6.07) is 0. The van der Waals surface area contributed by atoms with Crippen LogP contribution in [0.5, 0.6) is 0 Å². The molecule has 1 N–H and O–H groups in total. The van der Waals surface area contributed by atoms with Crippen LogP contribution < -0.4 is 5.32 Å². The topological polar surface area (TPSA) is 12.0 Å². The summed E-state index contributed by atoms with van der Waals surface area (Å²) < 4.78 is 0. The van der Waals surface area contributed by atoms with Crippen molar-refractivity contribution in [1.29, 1.82) is 0 Å². The summed E-state index contributed by atoms with van der Waals surface area (Å²) in [4.78, 5) is 0. The SMILES string of the molecule is C/C=C1/CCCNC1.Cl. The molecule has 0 unspecified atom stereocenters. The molecular formula is C7H14ClN. The fraction of sp³-hybridized carbons (Fsp3) is 0.714. The first-order valence-electron chi connectivity index (χ1n) is 3.28. The molecule has 0 atom stereocenters. The number of allylic oxidation sites excluding steroid dienone is 1. The van der Waals surface area contributed by atoms with Crippen molar-refractivity contribution in [3.8, 4) is 0 Å². The Balaban J connectivity index is 0.000000640. The number of nitrogens with one attached hydrogen (secondary N) is 1. The van der Waals surface area contributed by atoms with Crippen molar-refractivity contribution in [2.24, 2.45) is 0 Å². The highest BCUT2D eigenvalue weighted by Gasteiger charge is 2.00. The Morgan fingerprint density at radius 3 is 2.67 bits per heavy atom. The molecule has 0 aromatic heterocycles. The first-order chi connectivity index (χ1) is 3.93. The number of halogens is 1. The zero-order valence-corrected chi connectivity index (χ0v) is 6.63. The van der Waals surface area contributed by atoms with E-state index in [9.17, 15) is 0 Å². The highest BCUT2D eigenvalue weighted by molar-refractivity contribution is 5.85.